The smallest absolute Gasteiger partial charge is 0.264 e. The van der Waals surface area contributed by atoms with Crippen LogP contribution in [0.3, 0.4) is 0 Å². The van der Waals surface area contributed by atoms with E-state index in [9.17, 15) is 14.7 Å². The number of aromatic nitrogens is 1. The number of hydrogen-bond donors (Lipinski definition) is 1. The van der Waals surface area contributed by atoms with Crippen LogP contribution in [-0.2, 0) is 13.0 Å². The fraction of sp³-hybridized carbons (Fsp3) is 0.250. The van der Waals surface area contributed by atoms with Crippen LogP contribution in [-0.4, -0.2) is 82.0 Å². The average Bonchev–Trinajstić information content (AvgIpc) is 3.52. The lowest BCUT2D eigenvalue weighted by atomic mass is 9.92. The summed E-state index contributed by atoms with van der Waals surface area (Å²) in [5.41, 5.74) is 6.33. The number of aromatic hydroxyl groups is 1. The number of hydrogen-bond acceptors (Lipinski definition) is 5. The second-order valence-electron chi connectivity index (χ2n) is 13.2. The number of anilines is 2. The van der Waals surface area contributed by atoms with Crippen molar-refractivity contribution in [1.82, 2.24) is 19.3 Å². The first-order chi connectivity index (χ1) is 24.2. The molecule has 1 saturated heterocycles. The molecule has 0 aliphatic carbocycles. The number of fused-ring (bicyclic) bond motifs is 1. The fourth-order valence-electron chi connectivity index (χ4n) is 7.02. The van der Waals surface area contributed by atoms with Crippen LogP contribution in [0.1, 0.15) is 37.5 Å². The molecule has 8 nitrogen and oxygen atoms in total. The molecule has 10 heteroatoms. The minimum Gasteiger partial charge on any atom is -0.508 e. The Labute approximate surface area is 309 Å². The van der Waals surface area contributed by atoms with Gasteiger partial charge in [-0.2, -0.15) is 0 Å². The van der Waals surface area contributed by atoms with Crippen LogP contribution in [0.2, 0.25) is 0 Å². The Bertz CT molecular complexity index is 2020. The highest BCUT2D eigenvalue weighted by molar-refractivity contribution is 9.13. The predicted molar refractivity (Wildman–Crippen MR) is 205 cm³/mol. The number of carbonyl (C=O) groups is 2. The summed E-state index contributed by atoms with van der Waals surface area (Å²) in [5, 5.41) is 9.94. The minimum absolute atomic E-state index is 0.0173. The van der Waals surface area contributed by atoms with Crippen LogP contribution in [0.4, 0.5) is 11.4 Å². The number of halogens is 2. The molecule has 3 heterocycles. The zero-order chi connectivity index (χ0) is 34.9. The molecule has 0 spiro atoms. The molecule has 0 saturated carbocycles. The van der Waals surface area contributed by atoms with E-state index < -0.39 is 0 Å². The third-order valence-corrected chi connectivity index (χ3v) is 11.6. The number of amides is 2. The van der Waals surface area contributed by atoms with Crippen molar-refractivity contribution in [2.75, 3.05) is 44.7 Å². The molecule has 2 aliphatic heterocycles. The minimum atomic E-state index is -0.229. The van der Waals surface area contributed by atoms with Crippen LogP contribution < -0.4 is 4.90 Å². The predicted octanol–water partition coefficient (Wildman–Crippen LogP) is 7.81. The zero-order valence-corrected chi connectivity index (χ0v) is 31.3. The van der Waals surface area contributed by atoms with Crippen LogP contribution in [0.25, 0.3) is 5.69 Å². The number of piperazine rings is 1. The van der Waals surface area contributed by atoms with Gasteiger partial charge >= 0.3 is 0 Å². The molecule has 1 fully saturated rings. The summed E-state index contributed by atoms with van der Waals surface area (Å²) in [4.78, 5) is 37.7. The summed E-state index contributed by atoms with van der Waals surface area (Å²) in [7, 11) is 2.16. The van der Waals surface area contributed by atoms with Crippen molar-refractivity contribution in [1.29, 1.82) is 0 Å². The molecular weight excluding hydrogens is 758 g/mol. The topological polar surface area (TPSA) is 72.3 Å². The van der Waals surface area contributed by atoms with Gasteiger partial charge in [-0.1, -0.05) is 42.5 Å². The van der Waals surface area contributed by atoms with Crippen molar-refractivity contribution in [3.8, 4) is 11.4 Å². The Morgan fingerprint density at radius 2 is 1.46 bits per heavy atom. The van der Waals surface area contributed by atoms with Gasteiger partial charge in [0.2, 0.25) is 0 Å². The number of phenolic OH excluding ortho intramolecular Hbond substituents is 1. The van der Waals surface area contributed by atoms with Gasteiger partial charge in [-0.05, 0) is 118 Å². The van der Waals surface area contributed by atoms with E-state index in [0.717, 1.165) is 53.8 Å². The number of phenols is 1. The second kappa shape index (κ2) is 14.6. The van der Waals surface area contributed by atoms with Crippen molar-refractivity contribution in [3.63, 3.8) is 0 Å². The quantitative estimate of drug-likeness (QED) is 0.182. The number of carbonyl (C=O) groups excluding carboxylic acids is 2. The second-order valence-corrected chi connectivity index (χ2v) is 14.9. The Balaban J connectivity index is 1.26. The highest BCUT2D eigenvalue weighted by atomic mass is 79.9. The molecule has 1 atom stereocenters. The van der Waals surface area contributed by atoms with E-state index in [2.05, 4.69) is 66.9 Å². The lowest BCUT2D eigenvalue weighted by Crippen LogP contribution is -2.53. The van der Waals surface area contributed by atoms with Crippen LogP contribution >= 0.6 is 31.9 Å². The first-order valence-corrected chi connectivity index (χ1v) is 18.4. The molecule has 1 N–H and O–H groups in total. The first-order valence-electron chi connectivity index (χ1n) is 16.8. The van der Waals surface area contributed by atoms with E-state index in [1.54, 1.807) is 29.2 Å². The Morgan fingerprint density at radius 3 is 2.18 bits per heavy atom. The highest BCUT2D eigenvalue weighted by Crippen LogP contribution is 2.35. The summed E-state index contributed by atoms with van der Waals surface area (Å²) in [6.07, 6.45) is 2.61. The van der Waals surface area contributed by atoms with Crippen LogP contribution in [0, 0.1) is 6.92 Å². The zero-order valence-electron chi connectivity index (χ0n) is 28.1. The summed E-state index contributed by atoms with van der Waals surface area (Å²) >= 11 is 7.36. The normalized spacial score (nSPS) is 16.6. The van der Waals surface area contributed by atoms with Crippen molar-refractivity contribution in [2.24, 2.45) is 0 Å². The molecule has 50 heavy (non-hydrogen) atoms. The molecule has 1 aromatic heterocycles. The fourth-order valence-corrected chi connectivity index (χ4v) is 7.69. The Hall–Kier alpha value is -4.22. The maximum Gasteiger partial charge on any atom is 0.264 e. The van der Waals surface area contributed by atoms with Gasteiger partial charge in [-0.25, -0.2) is 0 Å². The largest absolute Gasteiger partial charge is 0.508 e. The molecule has 5 aromatic rings. The maximum absolute atomic E-state index is 14.9. The van der Waals surface area contributed by atoms with Gasteiger partial charge in [0.1, 0.15) is 5.75 Å². The number of benzene rings is 4. The third-order valence-electron chi connectivity index (χ3n) is 9.79. The lowest BCUT2D eigenvalue weighted by Gasteiger charge is -2.41. The summed E-state index contributed by atoms with van der Waals surface area (Å²) in [6, 6.07) is 30.2. The lowest BCUT2D eigenvalue weighted by molar-refractivity contribution is 0.0535. The van der Waals surface area contributed by atoms with Gasteiger partial charge in [-0.15, -0.1) is 0 Å². The maximum atomic E-state index is 14.9. The first kappa shape index (κ1) is 34.2. The van der Waals surface area contributed by atoms with Crippen LogP contribution in [0.5, 0.6) is 5.75 Å². The van der Waals surface area contributed by atoms with E-state index in [-0.39, 0.29) is 23.6 Å². The molecule has 4 aromatic carbocycles. The molecule has 2 amide bonds. The summed E-state index contributed by atoms with van der Waals surface area (Å²) < 4.78 is 3.52. The number of para-hydroxylation sites is 1. The van der Waals surface area contributed by atoms with Crippen molar-refractivity contribution in [3.05, 3.63) is 140 Å². The third kappa shape index (κ3) is 7.03. The van der Waals surface area contributed by atoms with E-state index in [1.807, 2.05) is 77.2 Å². The molecule has 2 aliphatic rings. The van der Waals surface area contributed by atoms with Crippen molar-refractivity contribution < 1.29 is 14.7 Å². The van der Waals surface area contributed by atoms with E-state index in [1.165, 1.54) is 11.1 Å². The van der Waals surface area contributed by atoms with E-state index in [4.69, 9.17) is 0 Å². The van der Waals surface area contributed by atoms with Crippen LogP contribution in [0.15, 0.2) is 112 Å². The van der Waals surface area contributed by atoms with Gasteiger partial charge in [0.15, 0.2) is 0 Å². The SMILES string of the molecule is Cc1cc(C(=O)N(c2ccccc2)c2ccc(O)cc2)cn1-c1cc(Br)c(Br)cc1C(=O)N1Cc2ccccc2C[C@H]1CN1CCN(C)CC1. The average molecular weight is 798 g/mol. The van der Waals surface area contributed by atoms with Crippen molar-refractivity contribution in [2.45, 2.75) is 25.9 Å². The number of aryl methyl sites for hydroxylation is 1. The van der Waals surface area contributed by atoms with Crippen molar-refractivity contribution >= 4 is 55.0 Å². The highest BCUT2D eigenvalue weighted by Gasteiger charge is 2.34. The molecule has 0 radical (unpaired) electrons. The Kier molecular flexibility index (Phi) is 9.97. The number of likely N-dealkylation sites (N-methyl/N-ethyl adjacent to an activating group) is 1. The number of nitrogens with zero attached hydrogens (tertiary/aromatic N) is 5. The molecule has 0 unspecified atom stereocenters. The number of rotatable bonds is 7. The molecular formula is C40H39Br2N5O3. The Morgan fingerprint density at radius 1 is 0.820 bits per heavy atom. The van der Waals surface area contributed by atoms with Gasteiger partial charge in [0, 0.05) is 77.5 Å². The standard InChI is InChI=1S/C40H39Br2N5O3/c1-27-20-30(39(49)47(31-10-4-3-5-11-31)32-12-14-34(48)15-13-32)25-45(27)38-23-37(42)36(41)22-35(38)40(50)46-24-29-9-7-6-8-28(29)21-33(46)26-44-18-16-43(2)17-19-44/h3-15,20,22-23,25,33,48H,16-19,21,24,26H2,1-2H3/t33-/m0/s1. The van der Waals surface area contributed by atoms with E-state index >= 15 is 0 Å². The van der Waals surface area contributed by atoms with E-state index in [0.29, 0.717) is 34.7 Å². The van der Waals surface area contributed by atoms with Gasteiger partial charge in [0.25, 0.3) is 11.8 Å². The van der Waals surface area contributed by atoms with Gasteiger partial charge < -0.3 is 19.5 Å². The van der Waals surface area contributed by atoms with Gasteiger partial charge in [-0.3, -0.25) is 19.4 Å². The molecule has 256 valence electrons. The van der Waals surface area contributed by atoms with Gasteiger partial charge in [0.05, 0.1) is 16.8 Å². The molecule has 7 rings (SSSR count). The monoisotopic (exact) mass is 795 g/mol. The summed E-state index contributed by atoms with van der Waals surface area (Å²) in [6.45, 7) is 7.29. The summed E-state index contributed by atoms with van der Waals surface area (Å²) in [5.74, 6) is -0.150. The molecule has 0 bridgehead atoms.